The number of thiazole rings is 1. The van der Waals surface area contributed by atoms with Gasteiger partial charge in [-0.2, -0.15) is 0 Å². The third kappa shape index (κ3) is 5.96. The van der Waals surface area contributed by atoms with Crippen LogP contribution in [0.2, 0.25) is 5.02 Å². The molecule has 0 aromatic carbocycles. The highest BCUT2D eigenvalue weighted by molar-refractivity contribution is 7.13. The summed E-state index contributed by atoms with van der Waals surface area (Å²) in [7, 11) is 1.95. The van der Waals surface area contributed by atoms with Crippen molar-refractivity contribution in [3.8, 4) is 0 Å². The van der Waals surface area contributed by atoms with E-state index in [2.05, 4.69) is 30.8 Å². The second-order valence-corrected chi connectivity index (χ2v) is 8.29. The molecule has 31 heavy (non-hydrogen) atoms. The molecule has 0 radical (unpaired) electrons. The number of carbonyl (C=O) groups excluding carboxylic acids is 3. The first-order chi connectivity index (χ1) is 14.7. The van der Waals surface area contributed by atoms with Gasteiger partial charge in [0.2, 0.25) is 0 Å². The predicted molar refractivity (Wildman–Crippen MR) is 112 cm³/mol. The molecule has 1 aliphatic rings. The predicted octanol–water partition coefficient (Wildman–Crippen LogP) is 0.117. The van der Waals surface area contributed by atoms with E-state index >= 15 is 0 Å². The van der Waals surface area contributed by atoms with E-state index in [9.17, 15) is 24.3 Å². The molecule has 1 aliphatic heterocycles. The van der Waals surface area contributed by atoms with Crippen molar-refractivity contribution in [1.29, 1.82) is 0 Å². The fourth-order valence-corrected chi connectivity index (χ4v) is 3.82. The molecule has 0 saturated carbocycles. The Morgan fingerprint density at radius 1 is 1.29 bits per heavy atom. The van der Waals surface area contributed by atoms with Gasteiger partial charge in [-0.15, -0.1) is 11.3 Å². The molecule has 164 valence electrons. The minimum atomic E-state index is -1.44. The number of hydrogen-bond donors (Lipinski definition) is 4. The number of fused-ring (bicyclic) bond motifs is 1. The molecular weight excluding hydrogens is 448 g/mol. The summed E-state index contributed by atoms with van der Waals surface area (Å²) in [6.45, 7) is 0.984. The van der Waals surface area contributed by atoms with Crippen LogP contribution in [0.4, 0.5) is 5.82 Å². The molecular formula is C18H19ClN6O5S. The van der Waals surface area contributed by atoms with Gasteiger partial charge >= 0.3 is 17.8 Å². The van der Waals surface area contributed by atoms with E-state index in [1.165, 1.54) is 29.7 Å². The summed E-state index contributed by atoms with van der Waals surface area (Å²) >= 11 is 6.92. The van der Waals surface area contributed by atoms with Crippen molar-refractivity contribution in [2.24, 2.45) is 0 Å². The van der Waals surface area contributed by atoms with Gasteiger partial charge in [-0.25, -0.2) is 14.8 Å². The maximum absolute atomic E-state index is 12.5. The number of hydrogen-bond acceptors (Lipinski definition) is 8. The summed E-state index contributed by atoms with van der Waals surface area (Å²) in [4.78, 5) is 59.0. The minimum Gasteiger partial charge on any atom is -0.480 e. The molecule has 2 aromatic heterocycles. The lowest BCUT2D eigenvalue weighted by molar-refractivity contribution is -0.140. The number of pyridine rings is 1. The highest BCUT2D eigenvalue weighted by atomic mass is 35.5. The van der Waals surface area contributed by atoms with Crippen molar-refractivity contribution in [3.05, 3.63) is 38.9 Å². The summed E-state index contributed by atoms with van der Waals surface area (Å²) in [6.07, 6.45) is 2.06. The molecule has 1 atom stereocenters. The monoisotopic (exact) mass is 466 g/mol. The number of amides is 3. The maximum Gasteiger partial charge on any atom is 0.328 e. The lowest BCUT2D eigenvalue weighted by Gasteiger charge is -2.20. The number of anilines is 1. The average molecular weight is 467 g/mol. The van der Waals surface area contributed by atoms with Gasteiger partial charge < -0.3 is 26.0 Å². The Hall–Kier alpha value is -3.09. The first kappa shape index (κ1) is 22.6. The largest absolute Gasteiger partial charge is 0.480 e. The lowest BCUT2D eigenvalue weighted by Crippen LogP contribution is -2.50. The summed E-state index contributed by atoms with van der Waals surface area (Å²) in [5.74, 6) is -4.04. The number of carboxylic acid groups (broad SMARTS) is 1. The van der Waals surface area contributed by atoms with E-state index in [1.807, 2.05) is 7.05 Å². The molecule has 3 amide bonds. The van der Waals surface area contributed by atoms with Crippen LogP contribution < -0.4 is 16.0 Å². The maximum atomic E-state index is 12.5. The van der Waals surface area contributed by atoms with E-state index in [-0.39, 0.29) is 10.8 Å². The summed E-state index contributed by atoms with van der Waals surface area (Å²) < 4.78 is 0. The first-order valence-electron chi connectivity index (χ1n) is 9.14. The Balaban J connectivity index is 1.55. The van der Waals surface area contributed by atoms with E-state index in [4.69, 9.17) is 11.6 Å². The topological polar surface area (TPSA) is 154 Å². The Morgan fingerprint density at radius 2 is 2.06 bits per heavy atom. The highest BCUT2D eigenvalue weighted by Gasteiger charge is 2.26. The molecule has 0 fully saturated rings. The van der Waals surface area contributed by atoms with Crippen LogP contribution in [0.1, 0.15) is 20.4 Å². The fourth-order valence-electron chi connectivity index (χ4n) is 2.74. The second kappa shape index (κ2) is 9.81. The standard InChI is InChI=1S/C18H19ClN6O5S/c1-25-5-4-12-11(8-25)23-17(31-12)16(28)22-10(18(29)30)7-21-14(26)15(27)24-13-3-2-9(19)6-20-13/h2-3,6,10H,4-5,7-8H2,1H3,(H,21,26)(H,22,28)(H,29,30)(H,20,24,27)/t10-/m0/s1. The Labute approximate surface area is 185 Å². The lowest BCUT2D eigenvalue weighted by atomic mass is 10.2. The van der Waals surface area contributed by atoms with Crippen LogP contribution in [-0.4, -0.2) is 69.8 Å². The molecule has 2 aromatic rings. The number of nitrogens with one attached hydrogen (secondary N) is 3. The third-order valence-electron chi connectivity index (χ3n) is 4.36. The van der Waals surface area contributed by atoms with Crippen molar-refractivity contribution in [3.63, 3.8) is 0 Å². The number of nitrogens with zero attached hydrogens (tertiary/aromatic N) is 3. The zero-order chi connectivity index (χ0) is 22.5. The molecule has 3 rings (SSSR count). The van der Waals surface area contributed by atoms with E-state index < -0.39 is 36.3 Å². The summed E-state index contributed by atoms with van der Waals surface area (Å²) in [6, 6.07) is 1.44. The van der Waals surface area contributed by atoms with Crippen molar-refractivity contribution < 1.29 is 24.3 Å². The summed E-state index contributed by atoms with van der Waals surface area (Å²) in [5, 5.41) is 16.6. The number of likely N-dealkylation sites (N-methyl/N-ethyl adjacent to an activating group) is 1. The van der Waals surface area contributed by atoms with Crippen LogP contribution in [0.25, 0.3) is 0 Å². The number of rotatable bonds is 6. The van der Waals surface area contributed by atoms with Gasteiger partial charge in [0, 0.05) is 30.7 Å². The smallest absolute Gasteiger partial charge is 0.328 e. The van der Waals surface area contributed by atoms with Crippen LogP contribution in [0, 0.1) is 0 Å². The van der Waals surface area contributed by atoms with Crippen molar-refractivity contribution in [1.82, 2.24) is 25.5 Å². The first-order valence-corrected chi connectivity index (χ1v) is 10.3. The molecule has 13 heteroatoms. The van der Waals surface area contributed by atoms with Gasteiger partial charge in [0.25, 0.3) is 5.91 Å². The van der Waals surface area contributed by atoms with E-state index in [0.717, 1.165) is 23.5 Å². The number of halogens is 1. The van der Waals surface area contributed by atoms with Crippen LogP contribution in [-0.2, 0) is 27.3 Å². The third-order valence-corrected chi connectivity index (χ3v) is 5.74. The Bertz CT molecular complexity index is 1010. The number of aliphatic carboxylic acids is 1. The van der Waals surface area contributed by atoms with E-state index in [0.29, 0.717) is 11.6 Å². The number of aromatic nitrogens is 2. The Morgan fingerprint density at radius 3 is 2.74 bits per heavy atom. The molecule has 0 spiro atoms. The highest BCUT2D eigenvalue weighted by Crippen LogP contribution is 2.24. The quantitative estimate of drug-likeness (QED) is 0.438. The molecule has 11 nitrogen and oxygen atoms in total. The normalized spacial score (nSPS) is 14.3. The van der Waals surface area contributed by atoms with E-state index in [1.54, 1.807) is 0 Å². The second-order valence-electron chi connectivity index (χ2n) is 6.77. The Kier molecular flexibility index (Phi) is 7.15. The van der Waals surface area contributed by atoms with Gasteiger partial charge in [0.15, 0.2) is 5.01 Å². The minimum absolute atomic E-state index is 0.103. The zero-order valence-electron chi connectivity index (χ0n) is 16.3. The van der Waals surface area contributed by atoms with Crippen LogP contribution in [0.15, 0.2) is 18.3 Å². The van der Waals surface area contributed by atoms with Gasteiger partial charge in [-0.05, 0) is 25.6 Å². The molecule has 0 unspecified atom stereocenters. The average Bonchev–Trinajstić information content (AvgIpc) is 3.15. The van der Waals surface area contributed by atoms with Crippen LogP contribution in [0.3, 0.4) is 0 Å². The van der Waals surface area contributed by atoms with Crippen molar-refractivity contribution >= 4 is 52.4 Å². The molecule has 0 aliphatic carbocycles. The summed E-state index contributed by atoms with van der Waals surface area (Å²) in [5.41, 5.74) is 0.802. The molecule has 0 saturated heterocycles. The van der Waals surface area contributed by atoms with Gasteiger partial charge in [-0.1, -0.05) is 11.6 Å². The number of carbonyl (C=O) groups is 4. The van der Waals surface area contributed by atoms with Crippen molar-refractivity contribution in [2.45, 2.75) is 19.0 Å². The number of carboxylic acids is 1. The van der Waals surface area contributed by atoms with Gasteiger partial charge in [-0.3, -0.25) is 14.4 Å². The fraction of sp³-hybridized carbons (Fsp3) is 0.333. The van der Waals surface area contributed by atoms with Gasteiger partial charge in [0.05, 0.1) is 10.7 Å². The van der Waals surface area contributed by atoms with Crippen LogP contribution >= 0.6 is 22.9 Å². The molecule has 4 N–H and O–H groups in total. The molecule has 3 heterocycles. The zero-order valence-corrected chi connectivity index (χ0v) is 17.9. The molecule has 0 bridgehead atoms. The van der Waals surface area contributed by atoms with Crippen LogP contribution in [0.5, 0.6) is 0 Å². The van der Waals surface area contributed by atoms with Crippen molar-refractivity contribution in [2.75, 3.05) is 25.5 Å². The van der Waals surface area contributed by atoms with Gasteiger partial charge in [0.1, 0.15) is 11.9 Å². The SMILES string of the molecule is CN1CCc2sc(C(=O)N[C@@H](CNC(=O)C(=O)Nc3ccc(Cl)cn3)C(=O)O)nc2C1.